The van der Waals surface area contributed by atoms with Crippen molar-refractivity contribution in [2.24, 2.45) is 0 Å². The molecule has 1 saturated carbocycles. The average Bonchev–Trinajstić information content (AvgIpc) is 2.49. The van der Waals surface area contributed by atoms with Gasteiger partial charge in [-0.25, -0.2) is 9.67 Å². The molecule has 0 amide bonds. The Labute approximate surface area is 123 Å². The van der Waals surface area contributed by atoms with Crippen LogP contribution in [0.1, 0.15) is 37.4 Å². The Balaban J connectivity index is 1.61. The molecule has 2 heterocycles. The van der Waals surface area contributed by atoms with E-state index in [4.69, 9.17) is 0 Å². The summed E-state index contributed by atoms with van der Waals surface area (Å²) in [5.74, 6) is 0.827. The van der Waals surface area contributed by atoms with E-state index in [1.807, 2.05) is 6.92 Å². The van der Waals surface area contributed by atoms with Gasteiger partial charge in [0.25, 0.3) is 5.56 Å². The average molecular weight is 285 g/mol. The summed E-state index contributed by atoms with van der Waals surface area (Å²) in [5.41, 5.74) is 0.896. The fourth-order valence-electron chi connectivity index (χ4n) is 2.85. The van der Waals surface area contributed by atoms with Crippen molar-refractivity contribution in [1.82, 2.24) is 19.7 Å². The van der Waals surface area contributed by atoms with Crippen LogP contribution >= 0.6 is 0 Å². The number of rotatable bonds is 3. The zero-order valence-corrected chi connectivity index (χ0v) is 12.1. The summed E-state index contributed by atoms with van der Waals surface area (Å²) in [6.07, 6.45) is 9.08. The molecule has 0 saturated heterocycles. The molecule has 1 fully saturated rings. The Bertz CT molecular complexity index is 661. The summed E-state index contributed by atoms with van der Waals surface area (Å²) in [4.78, 5) is 20.4. The van der Waals surface area contributed by atoms with Crippen molar-refractivity contribution < 1.29 is 0 Å². The summed E-state index contributed by atoms with van der Waals surface area (Å²) in [5, 5.41) is 7.61. The van der Waals surface area contributed by atoms with Crippen LogP contribution in [0.4, 0.5) is 5.82 Å². The molecule has 110 valence electrons. The molecular formula is C15H19N5O. The first kappa shape index (κ1) is 13.7. The Hall–Kier alpha value is -2.24. The maximum atomic E-state index is 11.8. The van der Waals surface area contributed by atoms with Gasteiger partial charge in [0.15, 0.2) is 0 Å². The quantitative estimate of drug-likeness (QED) is 0.933. The standard InChI is InChI=1S/C15H19N5O/c1-11-9-16-10-14(18-11)19-12-4-6-13(7-5-12)20-15(21)3-2-8-17-20/h2-3,8-10,12-13H,4-7H2,1H3,(H,18,19). The van der Waals surface area contributed by atoms with Crippen molar-refractivity contribution in [1.29, 1.82) is 0 Å². The molecule has 0 radical (unpaired) electrons. The van der Waals surface area contributed by atoms with Crippen LogP contribution in [-0.2, 0) is 0 Å². The molecule has 6 nitrogen and oxygen atoms in total. The minimum atomic E-state index is -0.0153. The number of aromatic nitrogens is 4. The Kier molecular flexibility index (Phi) is 3.94. The van der Waals surface area contributed by atoms with Crippen LogP contribution in [0, 0.1) is 6.92 Å². The number of nitrogens with zero attached hydrogens (tertiary/aromatic N) is 4. The summed E-state index contributed by atoms with van der Waals surface area (Å²) in [6.45, 7) is 1.93. The minimum absolute atomic E-state index is 0.0153. The first-order chi connectivity index (χ1) is 10.2. The molecule has 2 aromatic heterocycles. The minimum Gasteiger partial charge on any atom is -0.366 e. The highest BCUT2D eigenvalue weighted by atomic mass is 16.1. The largest absolute Gasteiger partial charge is 0.366 e. The fraction of sp³-hybridized carbons (Fsp3) is 0.467. The van der Waals surface area contributed by atoms with Gasteiger partial charge >= 0.3 is 0 Å². The van der Waals surface area contributed by atoms with E-state index in [-0.39, 0.29) is 11.6 Å². The second-order valence-electron chi connectivity index (χ2n) is 5.50. The SMILES string of the molecule is Cc1cncc(NC2CCC(n3ncccc3=O)CC2)n1. The third-order valence-electron chi connectivity index (χ3n) is 3.89. The molecule has 21 heavy (non-hydrogen) atoms. The van der Waals surface area contributed by atoms with Gasteiger partial charge in [0.2, 0.25) is 0 Å². The van der Waals surface area contributed by atoms with Gasteiger partial charge in [-0.15, -0.1) is 0 Å². The molecule has 0 aliphatic heterocycles. The van der Waals surface area contributed by atoms with Gasteiger partial charge in [0, 0.05) is 24.5 Å². The van der Waals surface area contributed by atoms with E-state index in [1.165, 1.54) is 0 Å². The molecule has 0 aromatic carbocycles. The van der Waals surface area contributed by atoms with Crippen molar-refractivity contribution in [3.63, 3.8) is 0 Å². The van der Waals surface area contributed by atoms with Crippen LogP contribution in [-0.4, -0.2) is 25.8 Å². The van der Waals surface area contributed by atoms with E-state index < -0.39 is 0 Å². The summed E-state index contributed by atoms with van der Waals surface area (Å²) in [6, 6.07) is 3.85. The number of hydrogen-bond acceptors (Lipinski definition) is 5. The number of hydrogen-bond donors (Lipinski definition) is 1. The van der Waals surface area contributed by atoms with E-state index in [0.717, 1.165) is 37.2 Å². The van der Waals surface area contributed by atoms with Crippen molar-refractivity contribution >= 4 is 5.82 Å². The molecule has 2 aromatic rings. The van der Waals surface area contributed by atoms with Gasteiger partial charge in [-0.3, -0.25) is 9.78 Å². The predicted molar refractivity (Wildman–Crippen MR) is 80.2 cm³/mol. The molecule has 0 spiro atoms. The molecule has 3 rings (SSSR count). The Morgan fingerprint density at radius 2 is 2.05 bits per heavy atom. The molecular weight excluding hydrogens is 266 g/mol. The van der Waals surface area contributed by atoms with Gasteiger partial charge < -0.3 is 5.32 Å². The van der Waals surface area contributed by atoms with Crippen LogP contribution in [0.3, 0.4) is 0 Å². The molecule has 6 heteroatoms. The van der Waals surface area contributed by atoms with Gasteiger partial charge in [0.1, 0.15) is 5.82 Å². The van der Waals surface area contributed by atoms with Crippen molar-refractivity contribution in [3.8, 4) is 0 Å². The third-order valence-corrected chi connectivity index (χ3v) is 3.89. The third kappa shape index (κ3) is 3.26. The second kappa shape index (κ2) is 6.03. The Morgan fingerprint density at radius 3 is 2.76 bits per heavy atom. The van der Waals surface area contributed by atoms with Gasteiger partial charge in [0.05, 0.1) is 17.9 Å². The second-order valence-corrected chi connectivity index (χ2v) is 5.50. The topological polar surface area (TPSA) is 72.7 Å². The normalized spacial score (nSPS) is 22.0. The zero-order valence-electron chi connectivity index (χ0n) is 12.1. The molecule has 0 atom stereocenters. The number of nitrogens with one attached hydrogen (secondary N) is 1. The van der Waals surface area contributed by atoms with E-state index in [1.54, 1.807) is 35.4 Å². The zero-order chi connectivity index (χ0) is 14.7. The highest BCUT2D eigenvalue weighted by Crippen LogP contribution is 2.28. The van der Waals surface area contributed by atoms with Gasteiger partial charge in [-0.1, -0.05) is 0 Å². The highest BCUT2D eigenvalue weighted by molar-refractivity contribution is 5.33. The van der Waals surface area contributed by atoms with Crippen molar-refractivity contribution in [2.45, 2.75) is 44.7 Å². The van der Waals surface area contributed by atoms with Crippen LogP contribution < -0.4 is 10.9 Å². The van der Waals surface area contributed by atoms with Gasteiger partial charge in [-0.05, 0) is 38.7 Å². The van der Waals surface area contributed by atoms with Crippen LogP contribution in [0.5, 0.6) is 0 Å². The summed E-state index contributed by atoms with van der Waals surface area (Å²) in [7, 11) is 0. The van der Waals surface area contributed by atoms with Crippen LogP contribution in [0.15, 0.2) is 35.5 Å². The number of anilines is 1. The molecule has 1 aliphatic carbocycles. The molecule has 1 aliphatic rings. The lowest BCUT2D eigenvalue weighted by Gasteiger charge is -2.29. The van der Waals surface area contributed by atoms with Crippen LogP contribution in [0.25, 0.3) is 0 Å². The Morgan fingerprint density at radius 1 is 1.24 bits per heavy atom. The van der Waals surface area contributed by atoms with E-state index in [2.05, 4.69) is 20.4 Å². The van der Waals surface area contributed by atoms with Gasteiger partial charge in [-0.2, -0.15) is 5.10 Å². The van der Waals surface area contributed by atoms with E-state index in [0.29, 0.717) is 6.04 Å². The first-order valence-electron chi connectivity index (χ1n) is 7.31. The predicted octanol–water partition coefficient (Wildman–Crippen LogP) is 1.94. The maximum Gasteiger partial charge on any atom is 0.266 e. The molecule has 1 N–H and O–H groups in total. The van der Waals surface area contributed by atoms with E-state index in [9.17, 15) is 4.79 Å². The fourth-order valence-corrected chi connectivity index (χ4v) is 2.85. The first-order valence-corrected chi connectivity index (χ1v) is 7.31. The lowest BCUT2D eigenvalue weighted by molar-refractivity contribution is 0.303. The van der Waals surface area contributed by atoms with E-state index >= 15 is 0 Å². The monoisotopic (exact) mass is 285 g/mol. The van der Waals surface area contributed by atoms with Crippen LogP contribution in [0.2, 0.25) is 0 Å². The summed E-state index contributed by atoms with van der Waals surface area (Å²) >= 11 is 0. The van der Waals surface area contributed by atoms with Crippen molar-refractivity contribution in [3.05, 3.63) is 46.8 Å². The summed E-state index contributed by atoms with van der Waals surface area (Å²) < 4.78 is 1.61. The lowest BCUT2D eigenvalue weighted by atomic mass is 9.91. The van der Waals surface area contributed by atoms with Crippen molar-refractivity contribution in [2.75, 3.05) is 5.32 Å². The highest BCUT2D eigenvalue weighted by Gasteiger charge is 2.23. The smallest absolute Gasteiger partial charge is 0.266 e. The number of aryl methyl sites for hydroxylation is 1. The maximum absolute atomic E-state index is 11.8. The lowest BCUT2D eigenvalue weighted by Crippen LogP contribution is -2.33. The molecule has 0 unspecified atom stereocenters. The molecule has 0 bridgehead atoms.